The zero-order valence-electron chi connectivity index (χ0n) is 11.3. The van der Waals surface area contributed by atoms with Crippen LogP contribution in [0.2, 0.25) is 0 Å². The number of ketones is 1. The van der Waals surface area contributed by atoms with Crippen LogP contribution in [0, 0.1) is 5.82 Å². The molecular weight excluding hydrogens is 335 g/mol. The zero-order chi connectivity index (χ0) is 14.8. The highest BCUT2D eigenvalue weighted by molar-refractivity contribution is 9.10. The van der Waals surface area contributed by atoms with Crippen LogP contribution in [0.25, 0.3) is 0 Å². The summed E-state index contributed by atoms with van der Waals surface area (Å²) in [6.45, 7) is 0.554. The van der Waals surface area contributed by atoms with Crippen LogP contribution in [0.4, 0.5) is 4.39 Å². The van der Waals surface area contributed by atoms with E-state index in [0.29, 0.717) is 11.1 Å². The molecule has 0 N–H and O–H groups in total. The van der Waals surface area contributed by atoms with E-state index in [1.165, 1.54) is 17.7 Å². The fourth-order valence-electron chi connectivity index (χ4n) is 2.61. The normalized spacial score (nSPS) is 17.3. The molecule has 1 heterocycles. The van der Waals surface area contributed by atoms with E-state index >= 15 is 0 Å². The van der Waals surface area contributed by atoms with E-state index in [4.69, 9.17) is 4.74 Å². The van der Waals surface area contributed by atoms with E-state index < -0.39 is 6.10 Å². The molecule has 0 saturated heterocycles. The average Bonchev–Trinajstić information content (AvgIpc) is 2.49. The maximum Gasteiger partial charge on any atom is 0.170 e. The Labute approximate surface area is 131 Å². The fraction of sp³-hybridized carbons (Fsp3) is 0.235. The molecule has 0 fully saturated rings. The van der Waals surface area contributed by atoms with Crippen LogP contribution in [0.15, 0.2) is 46.9 Å². The Morgan fingerprint density at radius 1 is 1.29 bits per heavy atom. The minimum atomic E-state index is -0.521. The number of carbonyl (C=O) groups is 1. The lowest BCUT2D eigenvalue weighted by Crippen LogP contribution is -2.24. The van der Waals surface area contributed by atoms with Crippen LogP contribution in [0.3, 0.4) is 0 Å². The van der Waals surface area contributed by atoms with Crippen molar-refractivity contribution < 1.29 is 13.9 Å². The molecular formula is C17H14BrFO2. The molecule has 4 heteroatoms. The summed E-state index contributed by atoms with van der Waals surface area (Å²) >= 11 is 3.30. The summed E-state index contributed by atoms with van der Waals surface area (Å²) in [6.07, 6.45) is 0.534. The number of carbonyl (C=O) groups excluding carboxylic acids is 1. The van der Waals surface area contributed by atoms with Crippen LogP contribution < -0.4 is 0 Å². The summed E-state index contributed by atoms with van der Waals surface area (Å²) in [7, 11) is 0. The Balaban J connectivity index is 1.83. The van der Waals surface area contributed by atoms with Crippen molar-refractivity contribution in [2.24, 2.45) is 0 Å². The predicted molar refractivity (Wildman–Crippen MR) is 81.7 cm³/mol. The zero-order valence-corrected chi connectivity index (χ0v) is 12.9. The van der Waals surface area contributed by atoms with E-state index in [9.17, 15) is 9.18 Å². The number of rotatable bonds is 3. The first-order valence-corrected chi connectivity index (χ1v) is 7.60. The van der Waals surface area contributed by atoms with E-state index in [-0.39, 0.29) is 18.0 Å². The Morgan fingerprint density at radius 2 is 2.10 bits per heavy atom. The second-order valence-electron chi connectivity index (χ2n) is 5.08. The monoisotopic (exact) mass is 348 g/mol. The first-order chi connectivity index (χ1) is 10.1. The van der Waals surface area contributed by atoms with Crippen molar-refractivity contribution in [2.75, 3.05) is 6.61 Å². The minimum Gasteiger partial charge on any atom is -0.365 e. The molecule has 0 bridgehead atoms. The SMILES string of the molecule is O=C(Cc1ccc(F)cc1Br)C1OCCc2ccccc21. The number of hydrogen-bond donors (Lipinski definition) is 0. The third-order valence-electron chi connectivity index (χ3n) is 3.67. The summed E-state index contributed by atoms with van der Waals surface area (Å²) in [4.78, 5) is 12.5. The minimum absolute atomic E-state index is 0.00513. The summed E-state index contributed by atoms with van der Waals surface area (Å²) < 4.78 is 19.4. The second kappa shape index (κ2) is 6.08. The predicted octanol–water partition coefficient (Wildman–Crippen LogP) is 4.01. The number of benzene rings is 2. The van der Waals surface area contributed by atoms with Gasteiger partial charge in [0.15, 0.2) is 5.78 Å². The Hall–Kier alpha value is -1.52. The highest BCUT2D eigenvalue weighted by atomic mass is 79.9. The van der Waals surface area contributed by atoms with Crippen molar-refractivity contribution in [1.29, 1.82) is 0 Å². The summed E-state index contributed by atoms with van der Waals surface area (Å²) in [5.41, 5.74) is 2.89. The van der Waals surface area contributed by atoms with Gasteiger partial charge in [-0.15, -0.1) is 0 Å². The quantitative estimate of drug-likeness (QED) is 0.837. The van der Waals surface area contributed by atoms with Crippen molar-refractivity contribution in [3.8, 4) is 0 Å². The van der Waals surface area contributed by atoms with Crippen molar-refractivity contribution in [1.82, 2.24) is 0 Å². The lowest BCUT2D eigenvalue weighted by Gasteiger charge is -2.25. The van der Waals surface area contributed by atoms with Gasteiger partial charge in [0, 0.05) is 10.9 Å². The number of fused-ring (bicyclic) bond motifs is 1. The van der Waals surface area contributed by atoms with E-state index in [0.717, 1.165) is 17.5 Å². The molecule has 0 aromatic heterocycles. The molecule has 1 unspecified atom stereocenters. The fourth-order valence-corrected chi connectivity index (χ4v) is 3.10. The molecule has 1 aliphatic heterocycles. The van der Waals surface area contributed by atoms with Gasteiger partial charge in [0.05, 0.1) is 6.61 Å². The third kappa shape index (κ3) is 3.06. The van der Waals surface area contributed by atoms with Crippen LogP contribution in [-0.4, -0.2) is 12.4 Å². The second-order valence-corrected chi connectivity index (χ2v) is 5.93. The highest BCUT2D eigenvalue weighted by Crippen LogP contribution is 2.29. The molecule has 2 aromatic rings. The summed E-state index contributed by atoms with van der Waals surface area (Å²) in [5.74, 6) is -0.327. The molecule has 1 atom stereocenters. The van der Waals surface area contributed by atoms with Gasteiger partial charge in [-0.05, 0) is 35.2 Å². The van der Waals surface area contributed by atoms with Gasteiger partial charge in [-0.2, -0.15) is 0 Å². The van der Waals surface area contributed by atoms with Crippen LogP contribution in [0.1, 0.15) is 22.8 Å². The molecule has 2 nitrogen and oxygen atoms in total. The van der Waals surface area contributed by atoms with Gasteiger partial charge in [0.1, 0.15) is 11.9 Å². The number of Topliss-reactive ketones (excluding diaryl/α,β-unsaturated/α-hetero) is 1. The highest BCUT2D eigenvalue weighted by Gasteiger charge is 2.27. The number of halogens is 2. The smallest absolute Gasteiger partial charge is 0.170 e. The molecule has 21 heavy (non-hydrogen) atoms. The molecule has 0 saturated carbocycles. The molecule has 1 aliphatic rings. The third-order valence-corrected chi connectivity index (χ3v) is 4.40. The Kier molecular flexibility index (Phi) is 4.17. The molecule has 3 rings (SSSR count). The first-order valence-electron chi connectivity index (χ1n) is 6.81. The maximum atomic E-state index is 13.1. The Morgan fingerprint density at radius 3 is 2.90 bits per heavy atom. The van der Waals surface area contributed by atoms with Gasteiger partial charge in [0.25, 0.3) is 0 Å². The molecule has 2 aromatic carbocycles. The van der Waals surface area contributed by atoms with E-state index in [1.807, 2.05) is 24.3 Å². The molecule has 0 spiro atoms. The van der Waals surface area contributed by atoms with Crippen molar-refractivity contribution in [3.63, 3.8) is 0 Å². The van der Waals surface area contributed by atoms with Gasteiger partial charge >= 0.3 is 0 Å². The van der Waals surface area contributed by atoms with Crippen molar-refractivity contribution >= 4 is 21.7 Å². The topological polar surface area (TPSA) is 26.3 Å². The van der Waals surface area contributed by atoms with Crippen LogP contribution in [0.5, 0.6) is 0 Å². The largest absolute Gasteiger partial charge is 0.365 e. The van der Waals surface area contributed by atoms with Gasteiger partial charge in [-0.25, -0.2) is 4.39 Å². The molecule has 0 radical (unpaired) electrons. The first kappa shape index (κ1) is 14.4. The van der Waals surface area contributed by atoms with Crippen molar-refractivity contribution in [3.05, 3.63) is 69.4 Å². The molecule has 0 aliphatic carbocycles. The number of ether oxygens (including phenoxy) is 1. The van der Waals surface area contributed by atoms with Crippen LogP contribution >= 0.6 is 15.9 Å². The van der Waals surface area contributed by atoms with Gasteiger partial charge < -0.3 is 4.74 Å². The lowest BCUT2D eigenvalue weighted by atomic mass is 9.93. The van der Waals surface area contributed by atoms with Gasteiger partial charge in [-0.1, -0.05) is 46.3 Å². The van der Waals surface area contributed by atoms with Gasteiger partial charge in [-0.3, -0.25) is 4.79 Å². The standard InChI is InChI=1S/C17H14BrFO2/c18-15-10-13(19)6-5-12(15)9-16(20)17-14-4-2-1-3-11(14)7-8-21-17/h1-6,10,17H,7-9H2. The molecule has 0 amide bonds. The van der Waals surface area contributed by atoms with Crippen molar-refractivity contribution in [2.45, 2.75) is 18.9 Å². The average molecular weight is 349 g/mol. The maximum absolute atomic E-state index is 13.1. The Bertz CT molecular complexity index is 684. The lowest BCUT2D eigenvalue weighted by molar-refractivity contribution is -0.131. The number of hydrogen-bond acceptors (Lipinski definition) is 2. The summed E-state index contributed by atoms with van der Waals surface area (Å²) in [5, 5.41) is 0. The summed E-state index contributed by atoms with van der Waals surface area (Å²) in [6, 6.07) is 12.2. The van der Waals surface area contributed by atoms with E-state index in [2.05, 4.69) is 15.9 Å². The van der Waals surface area contributed by atoms with Crippen LogP contribution in [-0.2, 0) is 22.4 Å². The van der Waals surface area contributed by atoms with Gasteiger partial charge in [0.2, 0.25) is 0 Å². The van der Waals surface area contributed by atoms with E-state index in [1.54, 1.807) is 6.07 Å². The molecule has 108 valence electrons.